The quantitative estimate of drug-likeness (QED) is 0.872. The number of aromatic nitrogens is 2. The number of ether oxygens (including phenoxy) is 1. The van der Waals surface area contributed by atoms with Gasteiger partial charge in [-0.2, -0.15) is 5.10 Å². The van der Waals surface area contributed by atoms with Crippen molar-refractivity contribution in [3.63, 3.8) is 0 Å². The summed E-state index contributed by atoms with van der Waals surface area (Å²) in [5.41, 5.74) is 1.15. The Morgan fingerprint density at radius 1 is 1.44 bits per heavy atom. The Balaban J connectivity index is 1.78. The molecule has 2 N–H and O–H groups in total. The number of hydrogen-bond acceptors (Lipinski definition) is 4. The van der Waals surface area contributed by atoms with Crippen molar-refractivity contribution in [1.29, 1.82) is 0 Å². The molecule has 0 spiro atoms. The van der Waals surface area contributed by atoms with Crippen molar-refractivity contribution in [2.24, 2.45) is 5.41 Å². The van der Waals surface area contributed by atoms with E-state index in [1.807, 2.05) is 6.92 Å². The predicted molar refractivity (Wildman–Crippen MR) is 93.3 cm³/mol. The minimum atomic E-state index is -0.575. The highest BCUT2D eigenvalue weighted by atomic mass is 19.1. The standard InChI is InChI=1S/C18H23FN4O2/c1-13-10-21-23(11-13)16-4-3-14(9-15(16)19)22-17(24)18(12-25-2)5-7-20-8-6-18/h3-4,9-11,20H,5-8,12H2,1-2H3,(H,22,24). The molecule has 1 fully saturated rings. The third-order valence-corrected chi connectivity index (χ3v) is 4.63. The van der Waals surface area contributed by atoms with Gasteiger partial charge >= 0.3 is 0 Å². The van der Waals surface area contributed by atoms with Gasteiger partial charge in [0.2, 0.25) is 5.91 Å². The molecule has 0 bridgehead atoms. The Bertz CT molecular complexity index is 748. The molecule has 3 rings (SSSR count). The van der Waals surface area contributed by atoms with Gasteiger partial charge in [0.05, 0.1) is 18.2 Å². The van der Waals surface area contributed by atoms with E-state index in [0.29, 0.717) is 30.8 Å². The number of anilines is 1. The molecule has 7 heteroatoms. The fourth-order valence-electron chi connectivity index (χ4n) is 3.20. The summed E-state index contributed by atoms with van der Waals surface area (Å²) >= 11 is 0. The average molecular weight is 346 g/mol. The van der Waals surface area contributed by atoms with E-state index in [2.05, 4.69) is 15.7 Å². The highest BCUT2D eigenvalue weighted by Crippen LogP contribution is 2.31. The third-order valence-electron chi connectivity index (χ3n) is 4.63. The number of carbonyl (C=O) groups is 1. The summed E-state index contributed by atoms with van der Waals surface area (Å²) in [5.74, 6) is -0.565. The predicted octanol–water partition coefficient (Wildman–Crippen LogP) is 2.27. The summed E-state index contributed by atoms with van der Waals surface area (Å²) in [6.07, 6.45) is 4.81. The van der Waals surface area contributed by atoms with Gasteiger partial charge < -0.3 is 15.4 Å². The Labute approximate surface area is 146 Å². The van der Waals surface area contributed by atoms with E-state index in [9.17, 15) is 9.18 Å². The van der Waals surface area contributed by atoms with Crippen molar-refractivity contribution < 1.29 is 13.9 Å². The fraction of sp³-hybridized carbons (Fsp3) is 0.444. The van der Waals surface area contributed by atoms with Crippen molar-refractivity contribution in [3.8, 4) is 5.69 Å². The van der Waals surface area contributed by atoms with Crippen LogP contribution < -0.4 is 10.6 Å². The topological polar surface area (TPSA) is 68.2 Å². The molecule has 1 aliphatic heterocycles. The summed E-state index contributed by atoms with van der Waals surface area (Å²) in [7, 11) is 1.59. The zero-order valence-electron chi connectivity index (χ0n) is 14.5. The van der Waals surface area contributed by atoms with E-state index in [1.54, 1.807) is 31.6 Å². The zero-order valence-corrected chi connectivity index (χ0v) is 14.5. The number of amides is 1. The van der Waals surface area contributed by atoms with Gasteiger partial charge in [-0.15, -0.1) is 0 Å². The maximum Gasteiger partial charge on any atom is 0.233 e. The van der Waals surface area contributed by atoms with E-state index in [1.165, 1.54) is 10.7 Å². The Kier molecular flexibility index (Phi) is 5.15. The van der Waals surface area contributed by atoms with Crippen LogP contribution in [0.5, 0.6) is 0 Å². The van der Waals surface area contributed by atoms with Gasteiger partial charge in [-0.05, 0) is 56.6 Å². The summed E-state index contributed by atoms with van der Waals surface area (Å²) < 4.78 is 21.2. The van der Waals surface area contributed by atoms with Crippen LogP contribution in [0.1, 0.15) is 18.4 Å². The molecule has 1 saturated heterocycles. The Morgan fingerprint density at radius 3 is 2.80 bits per heavy atom. The number of piperidine rings is 1. The maximum absolute atomic E-state index is 14.4. The van der Waals surface area contributed by atoms with Crippen molar-refractivity contribution in [2.75, 3.05) is 32.1 Å². The Hall–Kier alpha value is -2.25. The zero-order chi connectivity index (χ0) is 17.9. The monoisotopic (exact) mass is 346 g/mol. The second-order valence-electron chi connectivity index (χ2n) is 6.55. The van der Waals surface area contributed by atoms with Crippen molar-refractivity contribution in [3.05, 3.63) is 42.0 Å². The minimum Gasteiger partial charge on any atom is -0.384 e. The molecule has 25 heavy (non-hydrogen) atoms. The number of methoxy groups -OCH3 is 1. The van der Waals surface area contributed by atoms with Crippen LogP contribution in [0.2, 0.25) is 0 Å². The lowest BCUT2D eigenvalue weighted by molar-refractivity contribution is -0.130. The summed E-state index contributed by atoms with van der Waals surface area (Å²) in [5, 5.41) is 10.2. The molecule has 1 aliphatic rings. The number of halogens is 1. The normalized spacial score (nSPS) is 16.6. The van der Waals surface area contributed by atoms with Crippen LogP contribution in [0.15, 0.2) is 30.6 Å². The van der Waals surface area contributed by atoms with Crippen LogP contribution >= 0.6 is 0 Å². The van der Waals surface area contributed by atoms with E-state index in [-0.39, 0.29) is 5.91 Å². The van der Waals surface area contributed by atoms with Gasteiger partial charge in [0, 0.05) is 19.0 Å². The lowest BCUT2D eigenvalue weighted by Gasteiger charge is -2.35. The van der Waals surface area contributed by atoms with Crippen molar-refractivity contribution in [2.45, 2.75) is 19.8 Å². The largest absolute Gasteiger partial charge is 0.384 e. The van der Waals surface area contributed by atoms with Crippen LogP contribution in [-0.4, -0.2) is 42.5 Å². The van der Waals surface area contributed by atoms with Gasteiger partial charge in [0.15, 0.2) is 5.82 Å². The number of carbonyl (C=O) groups excluding carboxylic acids is 1. The molecule has 0 aliphatic carbocycles. The van der Waals surface area contributed by atoms with Crippen LogP contribution in [0.25, 0.3) is 5.69 Å². The second-order valence-corrected chi connectivity index (χ2v) is 6.55. The number of aryl methyl sites for hydroxylation is 1. The van der Waals surface area contributed by atoms with E-state index in [4.69, 9.17) is 4.74 Å². The summed E-state index contributed by atoms with van der Waals surface area (Å²) in [6.45, 7) is 3.78. The fourth-order valence-corrected chi connectivity index (χ4v) is 3.20. The minimum absolute atomic E-state index is 0.127. The Morgan fingerprint density at radius 2 is 2.20 bits per heavy atom. The molecule has 2 heterocycles. The molecule has 0 radical (unpaired) electrons. The average Bonchev–Trinajstić information content (AvgIpc) is 3.02. The molecule has 1 aromatic heterocycles. The van der Waals surface area contributed by atoms with Crippen molar-refractivity contribution >= 4 is 11.6 Å². The number of rotatable bonds is 5. The first-order valence-electron chi connectivity index (χ1n) is 8.36. The molecule has 2 aromatic rings. The van der Waals surface area contributed by atoms with Crippen molar-refractivity contribution in [1.82, 2.24) is 15.1 Å². The highest BCUT2D eigenvalue weighted by molar-refractivity contribution is 5.95. The van der Waals surface area contributed by atoms with Crippen LogP contribution in [0.4, 0.5) is 10.1 Å². The highest BCUT2D eigenvalue weighted by Gasteiger charge is 2.39. The van der Waals surface area contributed by atoms with E-state index >= 15 is 0 Å². The number of benzene rings is 1. The molecule has 0 unspecified atom stereocenters. The molecule has 1 aromatic carbocycles. The number of hydrogen-bond donors (Lipinski definition) is 2. The molecular weight excluding hydrogens is 323 g/mol. The van der Waals surface area contributed by atoms with E-state index < -0.39 is 11.2 Å². The lowest BCUT2D eigenvalue weighted by Crippen LogP contribution is -2.47. The van der Waals surface area contributed by atoms with Gasteiger partial charge in [0.25, 0.3) is 0 Å². The van der Waals surface area contributed by atoms with Gasteiger partial charge in [0.1, 0.15) is 5.69 Å². The molecule has 6 nitrogen and oxygen atoms in total. The lowest BCUT2D eigenvalue weighted by atomic mass is 9.78. The SMILES string of the molecule is COCC1(C(=O)Nc2ccc(-n3cc(C)cn3)c(F)c2)CCNCC1. The maximum atomic E-state index is 14.4. The molecule has 0 saturated carbocycles. The molecular formula is C18H23FN4O2. The van der Waals surface area contributed by atoms with Crippen LogP contribution in [0.3, 0.4) is 0 Å². The van der Waals surface area contributed by atoms with Gasteiger partial charge in [-0.25, -0.2) is 9.07 Å². The molecule has 134 valence electrons. The summed E-state index contributed by atoms with van der Waals surface area (Å²) in [6, 6.07) is 4.63. The second kappa shape index (κ2) is 7.33. The first-order chi connectivity index (χ1) is 12.0. The van der Waals surface area contributed by atoms with Gasteiger partial charge in [-0.1, -0.05) is 0 Å². The summed E-state index contributed by atoms with van der Waals surface area (Å²) in [4.78, 5) is 12.8. The van der Waals surface area contributed by atoms with Crippen LogP contribution in [-0.2, 0) is 9.53 Å². The molecule has 0 atom stereocenters. The smallest absolute Gasteiger partial charge is 0.233 e. The third kappa shape index (κ3) is 3.72. The van der Waals surface area contributed by atoms with Gasteiger partial charge in [-0.3, -0.25) is 4.79 Å². The van der Waals surface area contributed by atoms with Crippen LogP contribution in [0, 0.1) is 18.2 Å². The number of nitrogens with one attached hydrogen (secondary N) is 2. The molecule has 1 amide bonds. The number of nitrogens with zero attached hydrogens (tertiary/aromatic N) is 2. The first-order valence-corrected chi connectivity index (χ1v) is 8.36. The first kappa shape index (κ1) is 17.6. The van der Waals surface area contributed by atoms with E-state index in [0.717, 1.165) is 18.7 Å².